The van der Waals surface area contributed by atoms with E-state index >= 15 is 0 Å². The molecule has 0 bridgehead atoms. The molecular formula is C19H19Cl2NO4. The van der Waals surface area contributed by atoms with Gasteiger partial charge >= 0.3 is 5.97 Å². The molecule has 5 nitrogen and oxygen atoms in total. The van der Waals surface area contributed by atoms with Gasteiger partial charge in [0.05, 0.1) is 33.5 Å². The number of hydrogen-bond donors (Lipinski definition) is 2. The molecule has 0 aliphatic carbocycles. The molecule has 0 aliphatic heterocycles. The highest BCUT2D eigenvalue weighted by molar-refractivity contribution is 6.36. The zero-order chi connectivity index (χ0) is 19.4. The summed E-state index contributed by atoms with van der Waals surface area (Å²) < 4.78 is 5.62. The Morgan fingerprint density at radius 1 is 1.15 bits per heavy atom. The molecule has 0 spiro atoms. The minimum absolute atomic E-state index is 0.0487. The molecule has 0 unspecified atom stereocenters. The van der Waals surface area contributed by atoms with Gasteiger partial charge in [-0.2, -0.15) is 0 Å². The first-order valence-electron chi connectivity index (χ1n) is 7.96. The third-order valence-corrected chi connectivity index (χ3v) is 4.17. The highest BCUT2D eigenvalue weighted by Gasteiger charge is 2.17. The quantitative estimate of drug-likeness (QED) is 0.696. The van der Waals surface area contributed by atoms with E-state index in [9.17, 15) is 9.59 Å². The Balaban J connectivity index is 2.27. The first-order valence-corrected chi connectivity index (χ1v) is 8.71. The minimum Gasteiger partial charge on any atom is -0.493 e. The van der Waals surface area contributed by atoms with E-state index in [0.717, 1.165) is 0 Å². The summed E-state index contributed by atoms with van der Waals surface area (Å²) in [6, 6.07) is 7.58. The van der Waals surface area contributed by atoms with Crippen molar-refractivity contribution in [2.45, 2.75) is 20.8 Å². The van der Waals surface area contributed by atoms with Crippen LogP contribution in [0.2, 0.25) is 10.0 Å². The van der Waals surface area contributed by atoms with E-state index in [4.69, 9.17) is 33.0 Å². The van der Waals surface area contributed by atoms with Crippen molar-refractivity contribution in [3.05, 3.63) is 57.1 Å². The Morgan fingerprint density at radius 2 is 1.85 bits per heavy atom. The molecule has 0 radical (unpaired) electrons. The Hall–Kier alpha value is -2.24. The SMILES string of the molecule is Cc1cc(C(=O)O)cc(Cl)c1NC(=O)c1cc(OCC(C)C)ccc1Cl. The highest BCUT2D eigenvalue weighted by Crippen LogP contribution is 2.30. The molecular weight excluding hydrogens is 377 g/mol. The van der Waals surface area contributed by atoms with Crippen LogP contribution in [0.1, 0.15) is 40.1 Å². The number of ether oxygens (including phenoxy) is 1. The van der Waals surface area contributed by atoms with Gasteiger partial charge in [0, 0.05) is 0 Å². The minimum atomic E-state index is -1.09. The van der Waals surface area contributed by atoms with Crippen molar-refractivity contribution in [3.63, 3.8) is 0 Å². The summed E-state index contributed by atoms with van der Waals surface area (Å²) in [6.45, 7) is 6.23. The van der Waals surface area contributed by atoms with E-state index < -0.39 is 11.9 Å². The smallest absolute Gasteiger partial charge is 0.335 e. The first kappa shape index (κ1) is 20.1. The molecule has 2 aromatic rings. The van der Waals surface area contributed by atoms with Crippen LogP contribution in [0.15, 0.2) is 30.3 Å². The van der Waals surface area contributed by atoms with E-state index in [0.29, 0.717) is 29.5 Å². The predicted octanol–water partition coefficient (Wildman–Crippen LogP) is 5.29. The number of anilines is 1. The lowest BCUT2D eigenvalue weighted by Crippen LogP contribution is -2.15. The zero-order valence-corrected chi connectivity index (χ0v) is 16.1. The number of hydrogen-bond acceptors (Lipinski definition) is 3. The summed E-state index contributed by atoms with van der Waals surface area (Å²) in [6.07, 6.45) is 0. The van der Waals surface area contributed by atoms with Crippen molar-refractivity contribution in [3.8, 4) is 5.75 Å². The van der Waals surface area contributed by atoms with Gasteiger partial charge in [-0.1, -0.05) is 37.0 Å². The number of rotatable bonds is 6. The van der Waals surface area contributed by atoms with Gasteiger partial charge < -0.3 is 15.2 Å². The molecule has 0 saturated carbocycles. The molecule has 0 aliphatic rings. The number of aromatic carboxylic acids is 1. The van der Waals surface area contributed by atoms with Crippen molar-refractivity contribution in [1.29, 1.82) is 0 Å². The van der Waals surface area contributed by atoms with Gasteiger partial charge in [0.25, 0.3) is 5.91 Å². The van der Waals surface area contributed by atoms with Crippen LogP contribution in [0.3, 0.4) is 0 Å². The molecule has 26 heavy (non-hydrogen) atoms. The number of carboxylic acid groups (broad SMARTS) is 1. The van der Waals surface area contributed by atoms with Gasteiger partial charge in [0.2, 0.25) is 0 Å². The number of carbonyl (C=O) groups excluding carboxylic acids is 1. The van der Waals surface area contributed by atoms with Crippen LogP contribution in [0.5, 0.6) is 5.75 Å². The van der Waals surface area contributed by atoms with Crippen LogP contribution in [0.25, 0.3) is 0 Å². The second-order valence-electron chi connectivity index (χ2n) is 6.26. The fourth-order valence-electron chi connectivity index (χ4n) is 2.24. The number of halogens is 2. The fraction of sp³-hybridized carbons (Fsp3) is 0.263. The van der Waals surface area contributed by atoms with Crippen LogP contribution in [0.4, 0.5) is 5.69 Å². The number of carboxylic acids is 1. The normalized spacial score (nSPS) is 10.7. The summed E-state index contributed by atoms with van der Waals surface area (Å²) in [5.74, 6) is -0.668. The summed E-state index contributed by atoms with van der Waals surface area (Å²) >= 11 is 12.3. The molecule has 2 aromatic carbocycles. The Bertz CT molecular complexity index is 826. The maximum atomic E-state index is 12.6. The number of aryl methyl sites for hydroxylation is 1. The molecule has 138 valence electrons. The molecule has 1 amide bonds. The second kappa shape index (κ2) is 8.43. The van der Waals surface area contributed by atoms with Crippen LogP contribution in [0, 0.1) is 12.8 Å². The highest BCUT2D eigenvalue weighted by atomic mass is 35.5. The summed E-state index contributed by atoms with van der Waals surface area (Å²) in [4.78, 5) is 23.7. The Morgan fingerprint density at radius 3 is 2.42 bits per heavy atom. The lowest BCUT2D eigenvalue weighted by Gasteiger charge is -2.14. The van der Waals surface area contributed by atoms with Gasteiger partial charge in [-0.15, -0.1) is 0 Å². The van der Waals surface area contributed by atoms with E-state index in [1.807, 2.05) is 13.8 Å². The summed E-state index contributed by atoms with van der Waals surface area (Å²) in [7, 11) is 0. The van der Waals surface area contributed by atoms with E-state index in [1.165, 1.54) is 12.1 Å². The molecule has 0 fully saturated rings. The van der Waals surface area contributed by atoms with Crippen molar-refractivity contribution >= 4 is 40.8 Å². The average Bonchev–Trinajstić information content (AvgIpc) is 2.56. The van der Waals surface area contributed by atoms with E-state index in [2.05, 4.69) is 5.32 Å². The Kier molecular flexibility index (Phi) is 6.51. The molecule has 2 rings (SSSR count). The number of nitrogens with one attached hydrogen (secondary N) is 1. The Labute approximate surface area is 161 Å². The van der Waals surface area contributed by atoms with Crippen molar-refractivity contribution < 1.29 is 19.4 Å². The van der Waals surface area contributed by atoms with Crippen LogP contribution >= 0.6 is 23.2 Å². The molecule has 0 heterocycles. The van der Waals surface area contributed by atoms with Crippen LogP contribution in [-0.2, 0) is 0 Å². The molecule has 2 N–H and O–H groups in total. The van der Waals surface area contributed by atoms with Gasteiger partial charge in [0.1, 0.15) is 5.75 Å². The molecule has 0 atom stereocenters. The summed E-state index contributed by atoms with van der Waals surface area (Å²) in [5.41, 5.74) is 1.16. The zero-order valence-electron chi connectivity index (χ0n) is 14.6. The predicted molar refractivity (Wildman–Crippen MR) is 103 cm³/mol. The van der Waals surface area contributed by atoms with E-state index in [-0.39, 0.29) is 21.2 Å². The fourth-order valence-corrected chi connectivity index (χ4v) is 2.76. The maximum absolute atomic E-state index is 12.6. The van der Waals surface area contributed by atoms with Gasteiger partial charge in [-0.25, -0.2) is 4.79 Å². The summed E-state index contributed by atoms with van der Waals surface area (Å²) in [5, 5.41) is 12.2. The second-order valence-corrected chi connectivity index (χ2v) is 7.07. The van der Waals surface area contributed by atoms with Crippen LogP contribution < -0.4 is 10.1 Å². The molecule has 0 saturated heterocycles. The van der Waals surface area contributed by atoms with Crippen molar-refractivity contribution in [2.75, 3.05) is 11.9 Å². The number of benzene rings is 2. The largest absolute Gasteiger partial charge is 0.493 e. The van der Waals surface area contributed by atoms with E-state index in [1.54, 1.807) is 25.1 Å². The lowest BCUT2D eigenvalue weighted by atomic mass is 10.1. The molecule has 7 heteroatoms. The monoisotopic (exact) mass is 395 g/mol. The molecule has 0 aromatic heterocycles. The topological polar surface area (TPSA) is 75.6 Å². The lowest BCUT2D eigenvalue weighted by molar-refractivity contribution is 0.0696. The number of amides is 1. The average molecular weight is 396 g/mol. The number of carbonyl (C=O) groups is 2. The van der Waals surface area contributed by atoms with Gasteiger partial charge in [-0.3, -0.25) is 4.79 Å². The maximum Gasteiger partial charge on any atom is 0.335 e. The van der Waals surface area contributed by atoms with Gasteiger partial charge in [-0.05, 0) is 48.7 Å². The van der Waals surface area contributed by atoms with Gasteiger partial charge in [0.15, 0.2) is 0 Å². The van der Waals surface area contributed by atoms with Crippen molar-refractivity contribution in [2.24, 2.45) is 5.92 Å². The van der Waals surface area contributed by atoms with Crippen molar-refractivity contribution in [1.82, 2.24) is 0 Å². The third-order valence-electron chi connectivity index (χ3n) is 3.54. The standard InChI is InChI=1S/C19H19Cl2NO4/c1-10(2)9-26-13-4-5-15(20)14(8-13)18(23)22-17-11(3)6-12(19(24)25)7-16(17)21/h4-8,10H,9H2,1-3H3,(H,22,23)(H,24,25). The first-order chi connectivity index (χ1) is 12.2. The third kappa shape index (κ3) is 4.90. The van der Waals surface area contributed by atoms with Crippen LogP contribution in [-0.4, -0.2) is 23.6 Å².